The van der Waals surface area contributed by atoms with Crippen LogP contribution in [0.1, 0.15) is 55.5 Å². The summed E-state index contributed by atoms with van der Waals surface area (Å²) >= 11 is 0. The maximum Gasteiger partial charge on any atom is 0.174 e. The molecule has 2 N–H and O–H groups in total. The van der Waals surface area contributed by atoms with Crippen molar-refractivity contribution in [1.29, 1.82) is 0 Å². The first-order valence-corrected chi connectivity index (χ1v) is 10.3. The summed E-state index contributed by atoms with van der Waals surface area (Å²) in [5, 5.41) is 21.1. The summed E-state index contributed by atoms with van der Waals surface area (Å²) in [7, 11) is 1.45. The summed E-state index contributed by atoms with van der Waals surface area (Å²) in [6.45, 7) is 6.17. The molecule has 3 atom stereocenters. The van der Waals surface area contributed by atoms with Gasteiger partial charge in [0.05, 0.1) is 7.11 Å². The largest absolute Gasteiger partial charge is 0.507 e. The van der Waals surface area contributed by atoms with Crippen molar-refractivity contribution in [2.45, 2.75) is 39.5 Å². The lowest BCUT2D eigenvalue weighted by Gasteiger charge is -2.37. The van der Waals surface area contributed by atoms with E-state index in [0.717, 1.165) is 18.4 Å². The van der Waals surface area contributed by atoms with Gasteiger partial charge >= 0.3 is 0 Å². The minimum atomic E-state index is -0.391. The number of rotatable bonds is 6. The van der Waals surface area contributed by atoms with Crippen molar-refractivity contribution in [3.05, 3.63) is 76.9 Å². The fourth-order valence-corrected chi connectivity index (χ4v) is 4.40. The molecule has 158 valence electrons. The number of ether oxygens (including phenoxy) is 1. The highest BCUT2D eigenvalue weighted by molar-refractivity contribution is 6.03. The van der Waals surface area contributed by atoms with Gasteiger partial charge in [0.2, 0.25) is 0 Å². The summed E-state index contributed by atoms with van der Waals surface area (Å²) in [5.74, 6) is -0.860. The molecule has 0 heterocycles. The molecule has 30 heavy (non-hydrogen) atoms. The number of phenolic OH excluding ortho intramolecular Hbond substituents is 2. The van der Waals surface area contributed by atoms with Crippen LogP contribution in [-0.4, -0.2) is 23.1 Å². The molecular weight excluding hydrogens is 376 g/mol. The lowest BCUT2D eigenvalue weighted by atomic mass is 9.65. The molecule has 0 saturated carbocycles. The van der Waals surface area contributed by atoms with Crippen LogP contribution in [0.15, 0.2) is 65.8 Å². The van der Waals surface area contributed by atoms with Crippen molar-refractivity contribution in [1.82, 2.24) is 0 Å². The number of phenols is 2. The van der Waals surface area contributed by atoms with E-state index < -0.39 is 5.92 Å². The molecule has 0 amide bonds. The highest BCUT2D eigenvalue weighted by atomic mass is 16.5. The standard InChI is InChI=1S/C26H30O4/c1-16(2)10-12-20-17(3)11-13-21(18-8-6-5-7-9-18)24(20)26(29)25-22(27)14-19(30-4)15-23(25)28/h5-11,14-15,20-21,24,27-28H,12-13H2,1-4H3/t20-,21-,24+/m0/s1. The fraction of sp³-hybridized carbons (Fsp3) is 0.346. The predicted molar refractivity (Wildman–Crippen MR) is 119 cm³/mol. The smallest absolute Gasteiger partial charge is 0.174 e. The quantitative estimate of drug-likeness (QED) is 0.455. The summed E-state index contributed by atoms with van der Waals surface area (Å²) in [6.07, 6.45) is 5.86. The average molecular weight is 407 g/mol. The lowest BCUT2D eigenvalue weighted by molar-refractivity contribution is 0.0844. The number of ketones is 1. The summed E-state index contributed by atoms with van der Waals surface area (Å²) in [4.78, 5) is 13.8. The maximum absolute atomic E-state index is 13.8. The molecule has 0 radical (unpaired) electrons. The number of allylic oxidation sites excluding steroid dienone is 4. The third-order valence-corrected chi connectivity index (χ3v) is 6.01. The number of hydrogen-bond acceptors (Lipinski definition) is 4. The third-order valence-electron chi connectivity index (χ3n) is 6.01. The van der Waals surface area contributed by atoms with E-state index in [2.05, 4.69) is 32.9 Å². The van der Waals surface area contributed by atoms with Crippen LogP contribution in [0, 0.1) is 11.8 Å². The fourth-order valence-electron chi connectivity index (χ4n) is 4.40. The minimum Gasteiger partial charge on any atom is -0.507 e. The van der Waals surface area contributed by atoms with Crippen LogP contribution >= 0.6 is 0 Å². The minimum absolute atomic E-state index is 0.00717. The summed E-state index contributed by atoms with van der Waals surface area (Å²) in [6, 6.07) is 12.8. The van der Waals surface area contributed by atoms with Crippen molar-refractivity contribution in [2.75, 3.05) is 7.11 Å². The van der Waals surface area contributed by atoms with E-state index in [0.29, 0.717) is 5.75 Å². The number of methoxy groups -OCH3 is 1. The van der Waals surface area contributed by atoms with Crippen LogP contribution in [0.2, 0.25) is 0 Å². The molecule has 0 unspecified atom stereocenters. The number of carbonyl (C=O) groups is 1. The molecule has 0 aromatic heterocycles. The number of hydrogen-bond donors (Lipinski definition) is 2. The van der Waals surface area contributed by atoms with E-state index in [9.17, 15) is 15.0 Å². The normalized spacial score (nSPS) is 20.9. The molecule has 0 aliphatic heterocycles. The molecule has 0 fully saturated rings. The van der Waals surface area contributed by atoms with Gasteiger partial charge in [-0.2, -0.15) is 0 Å². The van der Waals surface area contributed by atoms with Crippen molar-refractivity contribution in [3.63, 3.8) is 0 Å². The van der Waals surface area contributed by atoms with Gasteiger partial charge in [0.1, 0.15) is 22.8 Å². The zero-order chi connectivity index (χ0) is 21.8. The van der Waals surface area contributed by atoms with E-state index in [-0.39, 0.29) is 34.7 Å². The SMILES string of the molecule is COc1cc(O)c(C(=O)[C@@H]2[C@@H](CC=C(C)C)C(C)=CC[C@H]2c2ccccc2)c(O)c1. The number of Topliss-reactive ketones (excluding diaryl/α,β-unsaturated/α-hetero) is 1. The Balaban J connectivity index is 2.11. The van der Waals surface area contributed by atoms with E-state index in [1.807, 2.05) is 30.3 Å². The van der Waals surface area contributed by atoms with Gasteiger partial charge in [-0.25, -0.2) is 0 Å². The maximum atomic E-state index is 13.8. The second-order valence-corrected chi connectivity index (χ2v) is 8.26. The van der Waals surface area contributed by atoms with Gasteiger partial charge in [-0.15, -0.1) is 0 Å². The lowest BCUT2D eigenvalue weighted by Crippen LogP contribution is -2.33. The number of benzene rings is 2. The van der Waals surface area contributed by atoms with Gasteiger partial charge in [0, 0.05) is 18.1 Å². The molecule has 3 rings (SSSR count). The Morgan fingerprint density at radius 3 is 2.33 bits per heavy atom. The van der Waals surface area contributed by atoms with Crippen LogP contribution in [0.4, 0.5) is 0 Å². The first-order valence-electron chi connectivity index (χ1n) is 10.3. The zero-order valence-electron chi connectivity index (χ0n) is 18.1. The van der Waals surface area contributed by atoms with E-state index in [1.54, 1.807) is 0 Å². The van der Waals surface area contributed by atoms with E-state index in [4.69, 9.17) is 4.74 Å². The first kappa shape index (κ1) is 21.7. The van der Waals surface area contributed by atoms with Crippen molar-refractivity contribution < 1.29 is 19.7 Å². The highest BCUT2D eigenvalue weighted by Gasteiger charge is 2.40. The molecular formula is C26H30O4. The summed E-state index contributed by atoms with van der Waals surface area (Å²) < 4.78 is 5.10. The highest BCUT2D eigenvalue weighted by Crippen LogP contribution is 2.47. The molecule has 0 spiro atoms. The monoisotopic (exact) mass is 406 g/mol. The molecule has 1 aliphatic rings. The topological polar surface area (TPSA) is 66.8 Å². The van der Waals surface area contributed by atoms with Crippen molar-refractivity contribution >= 4 is 5.78 Å². The van der Waals surface area contributed by atoms with Gasteiger partial charge in [0.25, 0.3) is 0 Å². The second-order valence-electron chi connectivity index (χ2n) is 8.26. The third kappa shape index (κ3) is 4.43. The molecule has 4 heteroatoms. The van der Waals surface area contributed by atoms with Crippen molar-refractivity contribution in [3.8, 4) is 17.2 Å². The van der Waals surface area contributed by atoms with Crippen LogP contribution in [0.25, 0.3) is 0 Å². The Morgan fingerprint density at radius 1 is 1.13 bits per heavy atom. The molecule has 4 nitrogen and oxygen atoms in total. The van der Waals surface area contributed by atoms with Crippen LogP contribution in [0.5, 0.6) is 17.2 Å². The van der Waals surface area contributed by atoms with Crippen molar-refractivity contribution in [2.24, 2.45) is 11.8 Å². The number of aromatic hydroxyl groups is 2. The molecule has 2 aromatic rings. The Hall–Kier alpha value is -3.01. The van der Waals surface area contributed by atoms with Gasteiger partial charge < -0.3 is 14.9 Å². The first-order chi connectivity index (χ1) is 14.3. The Bertz CT molecular complexity index is 945. The van der Waals surface area contributed by atoms with E-state index in [1.165, 1.54) is 30.4 Å². The molecule has 1 aliphatic carbocycles. The Kier molecular flexibility index (Phi) is 6.66. The molecule has 0 bridgehead atoms. The van der Waals surface area contributed by atoms with Crippen LogP contribution < -0.4 is 4.74 Å². The predicted octanol–water partition coefficient (Wildman–Crippen LogP) is 6.01. The number of carbonyl (C=O) groups excluding carboxylic acids is 1. The average Bonchev–Trinajstić information content (AvgIpc) is 2.72. The Morgan fingerprint density at radius 2 is 1.77 bits per heavy atom. The van der Waals surface area contributed by atoms with Gasteiger partial charge in [0.15, 0.2) is 5.78 Å². The van der Waals surface area contributed by atoms with Gasteiger partial charge in [-0.1, -0.05) is 53.6 Å². The van der Waals surface area contributed by atoms with Crippen LogP contribution in [-0.2, 0) is 0 Å². The van der Waals surface area contributed by atoms with Gasteiger partial charge in [-0.3, -0.25) is 4.79 Å². The van der Waals surface area contributed by atoms with Crippen LogP contribution in [0.3, 0.4) is 0 Å². The second kappa shape index (κ2) is 9.21. The van der Waals surface area contributed by atoms with E-state index >= 15 is 0 Å². The summed E-state index contributed by atoms with van der Waals surface area (Å²) in [5.41, 5.74) is 3.43. The zero-order valence-corrected chi connectivity index (χ0v) is 18.1. The van der Waals surface area contributed by atoms with Gasteiger partial charge in [-0.05, 0) is 51.0 Å². The molecule has 2 aromatic carbocycles. The Labute approximate surface area is 178 Å². The molecule has 0 saturated heterocycles.